The minimum atomic E-state index is -1.33. The van der Waals surface area contributed by atoms with Crippen LogP contribution < -0.4 is 0 Å². The van der Waals surface area contributed by atoms with Crippen LogP contribution in [0.5, 0.6) is 0 Å². The number of carbonyl (C=O) groups is 5. The number of esters is 5. The summed E-state index contributed by atoms with van der Waals surface area (Å²) in [5.74, 6) is -3.47. The Kier molecular flexibility index (Phi) is 11.6. The van der Waals surface area contributed by atoms with Crippen LogP contribution in [0.25, 0.3) is 0 Å². The predicted octanol–water partition coefficient (Wildman–Crippen LogP) is 1.98. The molecule has 0 spiro atoms. The van der Waals surface area contributed by atoms with Crippen LogP contribution in [0.3, 0.4) is 0 Å². The molecule has 0 N–H and O–H groups in total. The van der Waals surface area contributed by atoms with Gasteiger partial charge in [-0.2, -0.15) is 0 Å². The van der Waals surface area contributed by atoms with E-state index in [2.05, 4.69) is 0 Å². The van der Waals surface area contributed by atoms with Gasteiger partial charge in [0.15, 0.2) is 37.0 Å². The number of rotatable bonds is 12. The highest BCUT2D eigenvalue weighted by Gasteiger charge is 2.53. The molecule has 4 rings (SSSR count). The van der Waals surface area contributed by atoms with E-state index in [-0.39, 0.29) is 24.3 Å². The summed E-state index contributed by atoms with van der Waals surface area (Å²) in [4.78, 5) is 61.4. The second-order valence-electron chi connectivity index (χ2n) is 10.1. The van der Waals surface area contributed by atoms with Crippen LogP contribution in [-0.4, -0.2) is 99.4 Å². The number of methoxy groups -OCH3 is 1. The topological polar surface area (TPSA) is 168 Å². The first-order chi connectivity index (χ1) is 21.6. The Morgan fingerprint density at radius 2 is 1.02 bits per heavy atom. The number of ether oxygens (including phenoxy) is 9. The monoisotopic (exact) mass is 630 g/mol. The van der Waals surface area contributed by atoms with E-state index >= 15 is 0 Å². The van der Waals surface area contributed by atoms with Crippen molar-refractivity contribution in [2.24, 2.45) is 0 Å². The Morgan fingerprint density at radius 1 is 0.578 bits per heavy atom. The molecular weight excluding hydrogens is 596 g/mol. The van der Waals surface area contributed by atoms with Gasteiger partial charge in [0.05, 0.1) is 17.7 Å². The maximum absolute atomic E-state index is 13.1. The van der Waals surface area contributed by atoms with Crippen molar-refractivity contribution in [1.82, 2.24) is 0 Å². The molecule has 0 radical (unpaired) electrons. The van der Waals surface area contributed by atoms with Crippen LogP contribution in [-0.2, 0) is 57.0 Å². The van der Waals surface area contributed by atoms with E-state index in [0.717, 1.165) is 13.8 Å². The molecule has 45 heavy (non-hydrogen) atoms. The molecule has 2 fully saturated rings. The molecule has 0 bridgehead atoms. The normalized spacial score (nSPS) is 27.3. The van der Waals surface area contributed by atoms with Gasteiger partial charge in [0.2, 0.25) is 0 Å². The van der Waals surface area contributed by atoms with Gasteiger partial charge in [-0.05, 0) is 24.3 Å². The summed E-state index contributed by atoms with van der Waals surface area (Å²) in [6, 6.07) is 16.3. The molecule has 0 saturated carbocycles. The summed E-state index contributed by atoms with van der Waals surface area (Å²) in [5, 5.41) is 0. The Bertz CT molecular complexity index is 1330. The van der Waals surface area contributed by atoms with Crippen molar-refractivity contribution in [3.8, 4) is 0 Å². The predicted molar refractivity (Wildman–Crippen MR) is 149 cm³/mol. The van der Waals surface area contributed by atoms with Crippen LogP contribution >= 0.6 is 0 Å². The molecular formula is C31H34O14. The third kappa shape index (κ3) is 8.85. The van der Waals surface area contributed by atoms with Gasteiger partial charge < -0.3 is 42.6 Å². The molecule has 2 saturated heterocycles. The van der Waals surface area contributed by atoms with Gasteiger partial charge in [-0.15, -0.1) is 0 Å². The SMILES string of the molecule is CO[C@H]1O[C@H](CO[C@H]2O[C@H](COC(C)=O)[C@H](OC(C)=O)[C@@H]2OC(C)=O)[C@@H](OC(=O)c2ccccc2)[C@@H]1OC(=O)c1ccccc1. The van der Waals surface area contributed by atoms with Gasteiger partial charge in [-0.1, -0.05) is 36.4 Å². The Morgan fingerprint density at radius 3 is 1.53 bits per heavy atom. The van der Waals surface area contributed by atoms with Crippen LogP contribution in [0, 0.1) is 0 Å². The highest BCUT2D eigenvalue weighted by atomic mass is 16.8. The summed E-state index contributed by atoms with van der Waals surface area (Å²) < 4.78 is 50.5. The average molecular weight is 631 g/mol. The van der Waals surface area contributed by atoms with Crippen LogP contribution in [0.1, 0.15) is 41.5 Å². The zero-order valence-electron chi connectivity index (χ0n) is 25.0. The van der Waals surface area contributed by atoms with Crippen LogP contribution in [0.15, 0.2) is 60.7 Å². The average Bonchev–Trinajstić information content (AvgIpc) is 3.51. The second kappa shape index (κ2) is 15.6. The standard InChI is InChI=1S/C31H34O14/c1-17(32)38-15-22-24(40-18(2)33)27(41-19(3)34)31(43-22)39-16-23-25(44-28(35)20-11-7-5-8-12-20)26(30(37-4)42-23)45-29(36)21-13-9-6-10-14-21/h5-14,22-27,30-31H,15-16H2,1-4H3/t22-,23-,24+,25-,26+,27+,30+,31+/m1/s1. The lowest BCUT2D eigenvalue weighted by atomic mass is 10.1. The minimum absolute atomic E-state index is 0.234. The van der Waals surface area contributed by atoms with Crippen LogP contribution in [0.2, 0.25) is 0 Å². The molecule has 242 valence electrons. The molecule has 0 aliphatic carbocycles. The first kappa shape index (κ1) is 33.5. The second-order valence-corrected chi connectivity index (χ2v) is 10.1. The Balaban J connectivity index is 1.57. The van der Waals surface area contributed by atoms with E-state index in [1.165, 1.54) is 14.0 Å². The zero-order valence-corrected chi connectivity index (χ0v) is 25.0. The highest BCUT2D eigenvalue weighted by Crippen LogP contribution is 2.32. The fourth-order valence-electron chi connectivity index (χ4n) is 4.81. The van der Waals surface area contributed by atoms with Crippen molar-refractivity contribution in [3.05, 3.63) is 71.8 Å². The third-order valence-electron chi connectivity index (χ3n) is 6.75. The van der Waals surface area contributed by atoms with Crippen molar-refractivity contribution < 1.29 is 66.6 Å². The molecule has 2 aliphatic rings. The molecule has 14 heteroatoms. The molecule has 2 aliphatic heterocycles. The van der Waals surface area contributed by atoms with Crippen molar-refractivity contribution >= 4 is 29.8 Å². The number of hydrogen-bond donors (Lipinski definition) is 0. The minimum Gasteiger partial charge on any atom is -0.463 e. The highest BCUT2D eigenvalue weighted by molar-refractivity contribution is 5.90. The molecule has 0 aromatic heterocycles. The largest absolute Gasteiger partial charge is 0.463 e. The van der Waals surface area contributed by atoms with Gasteiger partial charge >= 0.3 is 29.8 Å². The summed E-state index contributed by atoms with van der Waals surface area (Å²) in [6.07, 6.45) is -9.53. The zero-order chi connectivity index (χ0) is 32.5. The summed E-state index contributed by atoms with van der Waals surface area (Å²) >= 11 is 0. The lowest BCUT2D eigenvalue weighted by Crippen LogP contribution is -2.44. The maximum atomic E-state index is 13.1. The fourth-order valence-corrected chi connectivity index (χ4v) is 4.81. The van der Waals surface area contributed by atoms with E-state index in [0.29, 0.717) is 0 Å². The van der Waals surface area contributed by atoms with Crippen molar-refractivity contribution in [1.29, 1.82) is 0 Å². The molecule has 2 aromatic carbocycles. The molecule has 2 heterocycles. The molecule has 0 unspecified atom stereocenters. The van der Waals surface area contributed by atoms with E-state index in [9.17, 15) is 24.0 Å². The quantitative estimate of drug-likeness (QED) is 0.246. The van der Waals surface area contributed by atoms with E-state index < -0.39 is 79.1 Å². The number of carbonyl (C=O) groups excluding carboxylic acids is 5. The molecule has 8 atom stereocenters. The van der Waals surface area contributed by atoms with Gasteiger partial charge in [0.25, 0.3) is 0 Å². The van der Waals surface area contributed by atoms with Crippen molar-refractivity contribution in [2.75, 3.05) is 20.3 Å². The van der Waals surface area contributed by atoms with Crippen molar-refractivity contribution in [3.63, 3.8) is 0 Å². The molecule has 14 nitrogen and oxygen atoms in total. The van der Waals surface area contributed by atoms with E-state index in [1.807, 2.05) is 0 Å². The first-order valence-corrected chi connectivity index (χ1v) is 14.0. The van der Waals surface area contributed by atoms with Gasteiger partial charge in [-0.25, -0.2) is 9.59 Å². The van der Waals surface area contributed by atoms with Gasteiger partial charge in [0.1, 0.15) is 18.8 Å². The summed E-state index contributed by atoms with van der Waals surface area (Å²) in [5.41, 5.74) is 0.483. The van der Waals surface area contributed by atoms with Crippen LogP contribution in [0.4, 0.5) is 0 Å². The lowest BCUT2D eigenvalue weighted by Gasteiger charge is -2.26. The van der Waals surface area contributed by atoms with E-state index in [4.69, 9.17) is 42.6 Å². The first-order valence-electron chi connectivity index (χ1n) is 14.0. The number of benzene rings is 2. The summed E-state index contributed by atoms with van der Waals surface area (Å²) in [7, 11) is 1.33. The van der Waals surface area contributed by atoms with Crippen molar-refractivity contribution in [2.45, 2.75) is 70.0 Å². The Labute approximate surface area is 258 Å². The van der Waals surface area contributed by atoms with Gasteiger partial charge in [0, 0.05) is 27.9 Å². The van der Waals surface area contributed by atoms with E-state index in [1.54, 1.807) is 60.7 Å². The van der Waals surface area contributed by atoms with Gasteiger partial charge in [-0.3, -0.25) is 14.4 Å². The lowest BCUT2D eigenvalue weighted by molar-refractivity contribution is -0.209. The summed E-state index contributed by atoms with van der Waals surface area (Å²) in [6.45, 7) is 2.80. The third-order valence-corrected chi connectivity index (χ3v) is 6.75. The number of hydrogen-bond acceptors (Lipinski definition) is 14. The molecule has 2 aromatic rings. The smallest absolute Gasteiger partial charge is 0.338 e. The molecule has 0 amide bonds. The maximum Gasteiger partial charge on any atom is 0.338 e. The fraction of sp³-hybridized carbons (Fsp3) is 0.452. The Hall–Kier alpha value is -4.37.